The van der Waals surface area contributed by atoms with Gasteiger partial charge in [-0.1, -0.05) is 0 Å². The second kappa shape index (κ2) is 5.30. The molecule has 1 fully saturated rings. The molecular formula is C15H16F3N3O. The maximum Gasteiger partial charge on any atom is 0.416 e. The fourth-order valence-corrected chi connectivity index (χ4v) is 2.93. The summed E-state index contributed by atoms with van der Waals surface area (Å²) in [5.74, 6) is 1.13. The van der Waals surface area contributed by atoms with E-state index in [0.717, 1.165) is 25.0 Å². The molecule has 1 aromatic heterocycles. The van der Waals surface area contributed by atoms with Crippen LogP contribution in [0.4, 0.5) is 13.2 Å². The number of fused-ring (bicyclic) bond motifs is 1. The van der Waals surface area contributed by atoms with Crippen LogP contribution in [0.25, 0.3) is 11.0 Å². The fourth-order valence-electron chi connectivity index (χ4n) is 2.93. The van der Waals surface area contributed by atoms with Gasteiger partial charge in [0.15, 0.2) is 0 Å². The number of amides is 1. The number of aromatic amines is 1. The zero-order valence-corrected chi connectivity index (χ0v) is 12.0. The van der Waals surface area contributed by atoms with Gasteiger partial charge in [0.25, 0.3) is 0 Å². The monoisotopic (exact) mass is 311 g/mol. The van der Waals surface area contributed by atoms with Crippen LogP contribution in [0, 0.1) is 11.8 Å². The summed E-state index contributed by atoms with van der Waals surface area (Å²) in [7, 11) is 1.62. The predicted octanol–water partition coefficient (Wildman–Crippen LogP) is 2.90. The number of hydrogen-bond donors (Lipinski definition) is 2. The van der Waals surface area contributed by atoms with E-state index in [0.29, 0.717) is 29.2 Å². The van der Waals surface area contributed by atoms with Crippen LogP contribution in [-0.4, -0.2) is 22.9 Å². The first-order valence-electron chi connectivity index (χ1n) is 7.14. The van der Waals surface area contributed by atoms with Crippen LogP contribution in [0.5, 0.6) is 0 Å². The van der Waals surface area contributed by atoms with Gasteiger partial charge in [-0.05, 0) is 37.0 Å². The molecule has 0 aliphatic heterocycles. The molecule has 1 aromatic carbocycles. The third-order valence-electron chi connectivity index (χ3n) is 4.19. The molecule has 3 rings (SSSR count). The SMILES string of the molecule is CNC(=O)C1CC(Cc2nc3ccc(C(F)(F)F)cc3[nH]2)C1. The van der Waals surface area contributed by atoms with Crippen molar-refractivity contribution in [1.29, 1.82) is 0 Å². The standard InChI is InChI=1S/C15H16F3N3O/c1-19-14(22)9-4-8(5-9)6-13-20-11-3-2-10(15(16,17)18)7-12(11)21-13/h2-3,7-9H,4-6H2,1H3,(H,19,22)(H,20,21). The van der Waals surface area contributed by atoms with E-state index in [1.165, 1.54) is 6.07 Å². The van der Waals surface area contributed by atoms with E-state index in [4.69, 9.17) is 0 Å². The summed E-state index contributed by atoms with van der Waals surface area (Å²) in [4.78, 5) is 18.7. The molecule has 0 bridgehead atoms. The number of nitrogens with zero attached hydrogens (tertiary/aromatic N) is 1. The summed E-state index contributed by atoms with van der Waals surface area (Å²) in [6.07, 6.45) is -2.10. The van der Waals surface area contributed by atoms with Crippen molar-refractivity contribution in [3.8, 4) is 0 Å². The van der Waals surface area contributed by atoms with E-state index < -0.39 is 11.7 Å². The van der Waals surface area contributed by atoms with Crippen molar-refractivity contribution in [3.63, 3.8) is 0 Å². The second-order valence-corrected chi connectivity index (χ2v) is 5.77. The number of hydrogen-bond acceptors (Lipinski definition) is 2. The van der Waals surface area contributed by atoms with Crippen molar-refractivity contribution in [1.82, 2.24) is 15.3 Å². The summed E-state index contributed by atoms with van der Waals surface area (Å²) < 4.78 is 38.0. The third kappa shape index (κ3) is 2.80. The number of H-pyrrole nitrogens is 1. The van der Waals surface area contributed by atoms with Gasteiger partial charge in [0.1, 0.15) is 5.82 Å². The Bertz CT molecular complexity index is 702. The van der Waals surface area contributed by atoms with Crippen LogP contribution in [0.15, 0.2) is 18.2 Å². The molecule has 1 saturated carbocycles. The number of halogens is 3. The summed E-state index contributed by atoms with van der Waals surface area (Å²) in [5, 5.41) is 2.62. The van der Waals surface area contributed by atoms with Gasteiger partial charge in [0, 0.05) is 19.4 Å². The minimum Gasteiger partial charge on any atom is -0.359 e. The highest BCUT2D eigenvalue weighted by Crippen LogP contribution is 2.36. The van der Waals surface area contributed by atoms with Crippen LogP contribution in [0.3, 0.4) is 0 Å². The number of imidazole rings is 1. The Kier molecular flexibility index (Phi) is 3.58. The molecule has 1 heterocycles. The summed E-state index contributed by atoms with van der Waals surface area (Å²) in [6.45, 7) is 0. The molecule has 0 unspecified atom stereocenters. The third-order valence-corrected chi connectivity index (χ3v) is 4.19. The zero-order valence-electron chi connectivity index (χ0n) is 12.0. The molecule has 1 amide bonds. The Balaban J connectivity index is 1.70. The highest BCUT2D eigenvalue weighted by molar-refractivity contribution is 5.79. The molecule has 0 saturated heterocycles. The summed E-state index contributed by atoms with van der Waals surface area (Å²) in [6, 6.07) is 3.50. The van der Waals surface area contributed by atoms with Gasteiger partial charge in [-0.15, -0.1) is 0 Å². The first-order valence-corrected chi connectivity index (χ1v) is 7.14. The number of rotatable bonds is 3. The highest BCUT2D eigenvalue weighted by atomic mass is 19.4. The average Bonchev–Trinajstić information content (AvgIpc) is 2.82. The summed E-state index contributed by atoms with van der Waals surface area (Å²) >= 11 is 0. The lowest BCUT2D eigenvalue weighted by atomic mass is 9.73. The topological polar surface area (TPSA) is 57.8 Å². The van der Waals surface area contributed by atoms with Crippen LogP contribution >= 0.6 is 0 Å². The van der Waals surface area contributed by atoms with Crippen LogP contribution in [0.1, 0.15) is 24.2 Å². The minimum atomic E-state index is -4.35. The minimum absolute atomic E-state index is 0.0516. The largest absolute Gasteiger partial charge is 0.416 e. The van der Waals surface area contributed by atoms with E-state index in [9.17, 15) is 18.0 Å². The predicted molar refractivity (Wildman–Crippen MR) is 75.1 cm³/mol. The Labute approximate surface area is 125 Å². The van der Waals surface area contributed by atoms with Gasteiger partial charge in [0.2, 0.25) is 5.91 Å². The van der Waals surface area contributed by atoms with Gasteiger partial charge in [0.05, 0.1) is 16.6 Å². The molecule has 1 aliphatic carbocycles. The fraction of sp³-hybridized carbons (Fsp3) is 0.467. The van der Waals surface area contributed by atoms with Crippen LogP contribution < -0.4 is 5.32 Å². The molecule has 1 aliphatic rings. The van der Waals surface area contributed by atoms with Crippen molar-refractivity contribution in [2.24, 2.45) is 11.8 Å². The van der Waals surface area contributed by atoms with Gasteiger partial charge in [-0.2, -0.15) is 13.2 Å². The lowest BCUT2D eigenvalue weighted by Crippen LogP contribution is -2.37. The molecule has 118 valence electrons. The van der Waals surface area contributed by atoms with E-state index in [1.54, 1.807) is 7.05 Å². The number of nitrogens with one attached hydrogen (secondary N) is 2. The van der Waals surface area contributed by atoms with Gasteiger partial charge < -0.3 is 10.3 Å². The lowest BCUT2D eigenvalue weighted by Gasteiger charge is -2.33. The highest BCUT2D eigenvalue weighted by Gasteiger charge is 2.34. The van der Waals surface area contributed by atoms with Crippen LogP contribution in [-0.2, 0) is 17.4 Å². The molecule has 0 atom stereocenters. The Hall–Kier alpha value is -2.05. The maximum absolute atomic E-state index is 12.7. The zero-order chi connectivity index (χ0) is 15.9. The van der Waals surface area contributed by atoms with Crippen molar-refractivity contribution in [2.45, 2.75) is 25.4 Å². The van der Waals surface area contributed by atoms with Crippen molar-refractivity contribution < 1.29 is 18.0 Å². The first-order chi connectivity index (χ1) is 10.4. The normalized spacial score (nSPS) is 21.6. The molecule has 2 N–H and O–H groups in total. The second-order valence-electron chi connectivity index (χ2n) is 5.77. The van der Waals surface area contributed by atoms with E-state index in [-0.39, 0.29) is 11.8 Å². The quantitative estimate of drug-likeness (QED) is 0.915. The van der Waals surface area contributed by atoms with Crippen molar-refractivity contribution >= 4 is 16.9 Å². The average molecular weight is 311 g/mol. The van der Waals surface area contributed by atoms with Crippen molar-refractivity contribution in [2.75, 3.05) is 7.05 Å². The molecular weight excluding hydrogens is 295 g/mol. The summed E-state index contributed by atoms with van der Waals surface area (Å²) in [5.41, 5.74) is 0.246. The Morgan fingerprint density at radius 2 is 2.14 bits per heavy atom. The van der Waals surface area contributed by atoms with Crippen molar-refractivity contribution in [3.05, 3.63) is 29.6 Å². The molecule has 0 spiro atoms. The smallest absolute Gasteiger partial charge is 0.359 e. The number of aromatic nitrogens is 2. The van der Waals surface area contributed by atoms with Crippen LogP contribution in [0.2, 0.25) is 0 Å². The molecule has 0 radical (unpaired) electrons. The van der Waals surface area contributed by atoms with E-state index in [2.05, 4.69) is 15.3 Å². The van der Waals surface area contributed by atoms with E-state index >= 15 is 0 Å². The number of carbonyl (C=O) groups excluding carboxylic acids is 1. The lowest BCUT2D eigenvalue weighted by molar-refractivity contribution is -0.137. The van der Waals surface area contributed by atoms with E-state index in [1.807, 2.05) is 0 Å². The van der Waals surface area contributed by atoms with Gasteiger partial charge in [-0.3, -0.25) is 4.79 Å². The first kappa shape index (κ1) is 14.9. The Morgan fingerprint density at radius 3 is 2.77 bits per heavy atom. The number of benzene rings is 1. The van der Waals surface area contributed by atoms with Gasteiger partial charge in [-0.25, -0.2) is 4.98 Å². The number of alkyl halides is 3. The maximum atomic E-state index is 12.7. The molecule has 7 heteroatoms. The molecule has 4 nitrogen and oxygen atoms in total. The molecule has 22 heavy (non-hydrogen) atoms. The van der Waals surface area contributed by atoms with Gasteiger partial charge >= 0.3 is 6.18 Å². The number of carbonyl (C=O) groups is 1. The molecule has 2 aromatic rings. The Morgan fingerprint density at radius 1 is 1.41 bits per heavy atom.